The smallest absolute Gasteiger partial charge is 0.163 e. The molecule has 0 aromatic heterocycles. The summed E-state index contributed by atoms with van der Waals surface area (Å²) in [7, 11) is 0. The third-order valence-electron chi connectivity index (χ3n) is 1.15. The van der Waals surface area contributed by atoms with E-state index in [4.69, 9.17) is 0 Å². The van der Waals surface area contributed by atoms with Crippen LogP contribution in [0.5, 0.6) is 0 Å². The molecule has 0 amide bonds. The fraction of sp³-hybridized carbons (Fsp3) is 0.500. The summed E-state index contributed by atoms with van der Waals surface area (Å²) in [4.78, 5) is 21.7. The molecule has 62 valence electrons. The van der Waals surface area contributed by atoms with E-state index >= 15 is 0 Å². The molecule has 0 aromatic carbocycles. The van der Waals surface area contributed by atoms with Gasteiger partial charge in [-0.15, -0.1) is 0 Å². The van der Waals surface area contributed by atoms with Crippen LogP contribution in [-0.2, 0) is 9.59 Å². The van der Waals surface area contributed by atoms with Crippen LogP contribution >= 0.6 is 22.6 Å². The third-order valence-corrected chi connectivity index (χ3v) is 1.51. The van der Waals surface area contributed by atoms with Gasteiger partial charge in [-0.2, -0.15) is 0 Å². The van der Waals surface area contributed by atoms with Gasteiger partial charge in [-0.05, 0) is 16.6 Å². The lowest BCUT2D eigenvalue weighted by Gasteiger charge is -1.92. The van der Waals surface area contributed by atoms with E-state index in [9.17, 15) is 9.59 Å². The zero-order valence-corrected chi connectivity index (χ0v) is 8.63. The molecule has 0 saturated heterocycles. The van der Waals surface area contributed by atoms with Crippen LogP contribution < -0.4 is 0 Å². The number of carbonyl (C=O) groups excluding carboxylic acids is 2. The molecule has 3 heteroatoms. The van der Waals surface area contributed by atoms with Crippen molar-refractivity contribution in [3.05, 3.63) is 10.2 Å². The lowest BCUT2D eigenvalue weighted by Crippen LogP contribution is -2.04. The zero-order valence-electron chi connectivity index (χ0n) is 6.47. The molecule has 0 aromatic rings. The van der Waals surface area contributed by atoms with E-state index in [-0.39, 0.29) is 18.0 Å². The van der Waals surface area contributed by atoms with Gasteiger partial charge in [0.2, 0.25) is 0 Å². The molecule has 0 aliphatic carbocycles. The van der Waals surface area contributed by atoms with Gasteiger partial charge in [0.1, 0.15) is 5.78 Å². The molecular formula is C8H11IO2. The summed E-state index contributed by atoms with van der Waals surface area (Å²) in [6.07, 6.45) is 2.82. The fourth-order valence-electron chi connectivity index (χ4n) is 0.691. The minimum absolute atomic E-state index is 0.0343. The summed E-state index contributed by atoms with van der Waals surface area (Å²) in [5.41, 5.74) is 0. The van der Waals surface area contributed by atoms with Crippen molar-refractivity contribution in [3.8, 4) is 0 Å². The molecule has 0 spiro atoms. The van der Waals surface area contributed by atoms with Crippen LogP contribution in [0.4, 0.5) is 0 Å². The first-order valence-electron chi connectivity index (χ1n) is 3.52. The average molecular weight is 266 g/mol. The maximum atomic E-state index is 10.9. The quantitative estimate of drug-likeness (QED) is 0.434. The van der Waals surface area contributed by atoms with Crippen LogP contribution in [0.2, 0.25) is 0 Å². The van der Waals surface area contributed by atoms with Gasteiger partial charge in [0, 0.05) is 6.42 Å². The number of rotatable bonds is 5. The number of ketones is 2. The van der Waals surface area contributed by atoms with Crippen LogP contribution in [0.3, 0.4) is 0 Å². The summed E-state index contributed by atoms with van der Waals surface area (Å²) >= 11 is 1.96. The van der Waals surface area contributed by atoms with Crippen molar-refractivity contribution in [1.29, 1.82) is 0 Å². The molecule has 0 bridgehead atoms. The Balaban J connectivity index is 3.66. The minimum Gasteiger partial charge on any atom is -0.299 e. The Bertz CT molecular complexity index is 173. The number of hydrogen-bond donors (Lipinski definition) is 0. The van der Waals surface area contributed by atoms with E-state index in [0.29, 0.717) is 6.42 Å². The molecule has 0 unspecified atom stereocenters. The monoisotopic (exact) mass is 266 g/mol. The molecule has 0 radical (unpaired) electrons. The van der Waals surface area contributed by atoms with E-state index in [1.807, 2.05) is 29.5 Å². The Kier molecular flexibility index (Phi) is 6.40. The van der Waals surface area contributed by atoms with Gasteiger partial charge < -0.3 is 0 Å². The van der Waals surface area contributed by atoms with Crippen LogP contribution in [0.1, 0.15) is 26.2 Å². The maximum Gasteiger partial charge on any atom is 0.163 e. The second kappa shape index (κ2) is 6.52. The number of halogens is 1. The number of Topliss-reactive ketones (excluding diaryl/α,β-unsaturated/α-hetero) is 1. The van der Waals surface area contributed by atoms with Crippen molar-refractivity contribution >= 4 is 34.2 Å². The average Bonchev–Trinajstić information content (AvgIpc) is 1.87. The van der Waals surface area contributed by atoms with Gasteiger partial charge in [-0.25, -0.2) is 0 Å². The molecule has 0 heterocycles. The van der Waals surface area contributed by atoms with Crippen molar-refractivity contribution in [2.45, 2.75) is 26.2 Å². The SMILES string of the molecule is CCCC(=O)CC(=O)C=CI. The second-order valence-electron chi connectivity index (χ2n) is 2.22. The second-order valence-corrected chi connectivity index (χ2v) is 2.94. The fourth-order valence-corrected chi connectivity index (χ4v) is 1.09. The standard InChI is InChI=1S/C8H11IO2/c1-2-3-7(10)6-8(11)4-5-9/h4-5H,2-3,6H2,1H3. The summed E-state index contributed by atoms with van der Waals surface area (Å²) in [6, 6.07) is 0. The molecule has 11 heavy (non-hydrogen) atoms. The van der Waals surface area contributed by atoms with Crippen molar-refractivity contribution < 1.29 is 9.59 Å². The van der Waals surface area contributed by atoms with Gasteiger partial charge >= 0.3 is 0 Å². The summed E-state index contributed by atoms with van der Waals surface area (Å²) in [5, 5.41) is 0. The lowest BCUT2D eigenvalue weighted by molar-refractivity contribution is -0.124. The first-order chi connectivity index (χ1) is 5.20. The van der Waals surface area contributed by atoms with E-state index in [1.165, 1.54) is 6.08 Å². The minimum atomic E-state index is -0.0992. The Morgan fingerprint density at radius 1 is 1.45 bits per heavy atom. The molecule has 0 rings (SSSR count). The predicted molar refractivity (Wildman–Crippen MR) is 52.7 cm³/mol. The van der Waals surface area contributed by atoms with Crippen LogP contribution in [0, 0.1) is 0 Å². The van der Waals surface area contributed by atoms with E-state index in [0.717, 1.165) is 6.42 Å². The molecule has 0 aliphatic heterocycles. The maximum absolute atomic E-state index is 10.9. The van der Waals surface area contributed by atoms with E-state index < -0.39 is 0 Å². The Hall–Kier alpha value is -0.190. The summed E-state index contributed by atoms with van der Waals surface area (Å²) in [6.45, 7) is 1.93. The molecular weight excluding hydrogens is 255 g/mol. The number of allylic oxidation sites excluding steroid dienone is 1. The summed E-state index contributed by atoms with van der Waals surface area (Å²) < 4.78 is 1.62. The molecule has 0 fully saturated rings. The van der Waals surface area contributed by atoms with Gasteiger partial charge in [-0.3, -0.25) is 9.59 Å². The number of hydrogen-bond acceptors (Lipinski definition) is 2. The van der Waals surface area contributed by atoms with Crippen LogP contribution in [0.25, 0.3) is 0 Å². The highest BCUT2D eigenvalue weighted by atomic mass is 127. The highest BCUT2D eigenvalue weighted by Gasteiger charge is 2.04. The molecule has 2 nitrogen and oxygen atoms in total. The van der Waals surface area contributed by atoms with Crippen molar-refractivity contribution in [1.82, 2.24) is 0 Å². The zero-order chi connectivity index (χ0) is 8.69. The van der Waals surface area contributed by atoms with Gasteiger partial charge in [0.15, 0.2) is 5.78 Å². The first-order valence-corrected chi connectivity index (χ1v) is 4.76. The third kappa shape index (κ3) is 6.22. The number of carbonyl (C=O) groups is 2. The molecule has 0 saturated carbocycles. The lowest BCUT2D eigenvalue weighted by atomic mass is 10.1. The van der Waals surface area contributed by atoms with Crippen LogP contribution in [0.15, 0.2) is 10.2 Å². The van der Waals surface area contributed by atoms with E-state index in [2.05, 4.69) is 0 Å². The molecule has 0 atom stereocenters. The normalized spacial score (nSPS) is 10.4. The largest absolute Gasteiger partial charge is 0.299 e. The van der Waals surface area contributed by atoms with Crippen LogP contribution in [-0.4, -0.2) is 11.6 Å². The Morgan fingerprint density at radius 2 is 2.09 bits per heavy atom. The highest BCUT2D eigenvalue weighted by molar-refractivity contribution is 14.1. The van der Waals surface area contributed by atoms with Gasteiger partial charge in [0.05, 0.1) is 6.42 Å². The Labute approximate surface area is 80.2 Å². The molecule has 0 N–H and O–H groups in total. The molecule has 0 aliphatic rings. The Morgan fingerprint density at radius 3 is 2.55 bits per heavy atom. The topological polar surface area (TPSA) is 34.1 Å². The van der Waals surface area contributed by atoms with Gasteiger partial charge in [0.25, 0.3) is 0 Å². The first kappa shape index (κ1) is 10.8. The van der Waals surface area contributed by atoms with E-state index in [1.54, 1.807) is 4.08 Å². The summed E-state index contributed by atoms with van der Waals surface area (Å²) in [5.74, 6) is -0.0650. The van der Waals surface area contributed by atoms with Crippen molar-refractivity contribution in [2.24, 2.45) is 0 Å². The van der Waals surface area contributed by atoms with Gasteiger partial charge in [-0.1, -0.05) is 29.5 Å². The van der Waals surface area contributed by atoms with Crippen molar-refractivity contribution in [2.75, 3.05) is 0 Å². The highest BCUT2D eigenvalue weighted by Crippen LogP contribution is 1.97. The van der Waals surface area contributed by atoms with Crippen molar-refractivity contribution in [3.63, 3.8) is 0 Å². The predicted octanol–water partition coefficient (Wildman–Crippen LogP) is 2.26.